The first-order valence-corrected chi connectivity index (χ1v) is 16.5. The Morgan fingerprint density at radius 1 is 1.13 bits per heavy atom. The van der Waals surface area contributed by atoms with Gasteiger partial charge in [-0.3, -0.25) is 9.69 Å². The van der Waals surface area contributed by atoms with E-state index in [1.54, 1.807) is 0 Å². The van der Waals surface area contributed by atoms with Gasteiger partial charge in [-0.05, 0) is 68.7 Å². The van der Waals surface area contributed by atoms with E-state index in [1.165, 1.54) is 24.3 Å². The number of carbonyl (C=O) groups is 1. The first kappa shape index (κ1) is 30.0. The Morgan fingerprint density at radius 2 is 2.00 bits per heavy atom. The Morgan fingerprint density at radius 3 is 2.81 bits per heavy atom. The summed E-state index contributed by atoms with van der Waals surface area (Å²) in [5.74, 6) is 1.81. The van der Waals surface area contributed by atoms with Gasteiger partial charge in [0.15, 0.2) is 17.3 Å². The highest BCUT2D eigenvalue weighted by molar-refractivity contribution is 6.17. The highest BCUT2D eigenvalue weighted by Crippen LogP contribution is 2.42. The van der Waals surface area contributed by atoms with Crippen molar-refractivity contribution in [2.24, 2.45) is 0 Å². The Hall–Kier alpha value is -4.34. The highest BCUT2D eigenvalue weighted by atomic mass is 19.1. The smallest absolute Gasteiger partial charge is 0.320 e. The van der Waals surface area contributed by atoms with Crippen LogP contribution in [0.25, 0.3) is 21.9 Å². The molecule has 0 unspecified atom stereocenters. The normalized spacial score (nSPS) is 23.5. The molecule has 2 aromatic heterocycles. The van der Waals surface area contributed by atoms with Gasteiger partial charge in [0.05, 0.1) is 17.7 Å². The number of phenolic OH excluding ortho intramolecular Hbond substituents is 1. The van der Waals surface area contributed by atoms with E-state index >= 15 is 0 Å². The number of benzene rings is 2. The number of imidazole rings is 1. The number of terminal acetylenes is 1. The van der Waals surface area contributed by atoms with Gasteiger partial charge in [-0.1, -0.05) is 12.0 Å². The molecule has 0 bridgehead atoms. The minimum Gasteiger partial charge on any atom is -0.508 e. The number of ether oxygens (including phenoxy) is 2. The fraction of sp³-hybridized carbons (Fsp3) is 0.486. The molecule has 5 heterocycles. The van der Waals surface area contributed by atoms with E-state index in [-0.39, 0.29) is 52.3 Å². The number of fused-ring (bicyclic) bond motifs is 3. The average molecular weight is 643 g/mol. The molecule has 2 aromatic carbocycles. The lowest BCUT2D eigenvalue weighted by molar-refractivity contribution is 0.102. The number of anilines is 1. The molecule has 1 saturated carbocycles. The van der Waals surface area contributed by atoms with Gasteiger partial charge in [-0.15, -0.1) is 6.42 Å². The second-order valence-corrected chi connectivity index (χ2v) is 13.2. The van der Waals surface area contributed by atoms with E-state index in [4.69, 9.17) is 30.8 Å². The van der Waals surface area contributed by atoms with E-state index in [9.17, 15) is 18.7 Å². The molecule has 1 aliphatic carbocycles. The summed E-state index contributed by atoms with van der Waals surface area (Å²) in [5, 5.41) is 11.3. The molecule has 0 amide bonds. The third kappa shape index (κ3) is 5.07. The lowest BCUT2D eigenvalue weighted by Gasteiger charge is -2.31. The summed E-state index contributed by atoms with van der Waals surface area (Å²) in [4.78, 5) is 33.4. The van der Waals surface area contributed by atoms with Crippen LogP contribution in [0, 0.1) is 18.2 Å². The second kappa shape index (κ2) is 11.7. The van der Waals surface area contributed by atoms with Crippen LogP contribution in [0.3, 0.4) is 0 Å². The van der Waals surface area contributed by atoms with Gasteiger partial charge in [-0.25, -0.2) is 13.8 Å². The number of ketones is 1. The number of carbonyl (C=O) groups excluding carboxylic acids is 1. The van der Waals surface area contributed by atoms with Gasteiger partial charge >= 0.3 is 6.01 Å². The molecule has 1 N–H and O–H groups in total. The minimum absolute atomic E-state index is 0.0328. The van der Waals surface area contributed by atoms with Crippen LogP contribution in [-0.2, 0) is 4.74 Å². The van der Waals surface area contributed by atoms with Crippen molar-refractivity contribution in [3.05, 3.63) is 47.0 Å². The van der Waals surface area contributed by atoms with Crippen LogP contribution in [-0.4, -0.2) is 93.0 Å². The summed E-state index contributed by atoms with van der Waals surface area (Å²) in [7, 11) is 0. The zero-order chi connectivity index (χ0) is 32.3. The summed E-state index contributed by atoms with van der Waals surface area (Å²) in [5.41, 5.74) is 0.529. The standard InChI is InChI=1S/C35H36F2N6O4/c1-2-25-27(37)9-8-21-16-24(44)17-26(28(21)25)30(45)33-38-31-29(43(33)23-6-3-7-23)32(41-11-5-14-46-15-13-41)40-34(39-31)47-20-35-10-4-12-42(35)19-22(36)18-35/h1,8-9,16-17,22-23,44H,3-7,10-15,18-20H2/t22-,35+/m1/s1. The molecule has 244 valence electrons. The first-order valence-electron chi connectivity index (χ1n) is 16.5. The number of nitrogens with zero attached hydrogens (tertiary/aromatic N) is 6. The summed E-state index contributed by atoms with van der Waals surface area (Å²) in [6, 6.07) is 5.58. The Labute approximate surface area is 270 Å². The number of rotatable bonds is 7. The summed E-state index contributed by atoms with van der Waals surface area (Å²) < 4.78 is 43.4. The third-order valence-corrected chi connectivity index (χ3v) is 10.3. The quantitative estimate of drug-likeness (QED) is 0.222. The van der Waals surface area contributed by atoms with Crippen molar-refractivity contribution in [2.45, 2.75) is 62.7 Å². The van der Waals surface area contributed by atoms with Crippen molar-refractivity contribution >= 4 is 33.5 Å². The van der Waals surface area contributed by atoms with Gasteiger partial charge in [0.2, 0.25) is 5.78 Å². The van der Waals surface area contributed by atoms with Crippen LogP contribution < -0.4 is 9.64 Å². The molecule has 3 saturated heterocycles. The molecule has 47 heavy (non-hydrogen) atoms. The topological polar surface area (TPSA) is 106 Å². The number of alkyl halides is 1. The van der Waals surface area contributed by atoms with Gasteiger partial charge in [-0.2, -0.15) is 9.97 Å². The van der Waals surface area contributed by atoms with E-state index in [2.05, 4.69) is 15.7 Å². The Kier molecular flexibility index (Phi) is 7.49. The molecule has 0 spiro atoms. The van der Waals surface area contributed by atoms with Crippen molar-refractivity contribution in [1.82, 2.24) is 24.4 Å². The fourth-order valence-electron chi connectivity index (χ4n) is 7.88. The highest BCUT2D eigenvalue weighted by Gasteiger charge is 2.49. The zero-order valence-electron chi connectivity index (χ0n) is 26.1. The maximum Gasteiger partial charge on any atom is 0.320 e. The van der Waals surface area contributed by atoms with E-state index in [1.807, 2.05) is 4.57 Å². The van der Waals surface area contributed by atoms with Crippen molar-refractivity contribution in [3.63, 3.8) is 0 Å². The lowest BCUT2D eigenvalue weighted by Crippen LogP contribution is -2.43. The first-order chi connectivity index (χ1) is 22.8. The number of aromatic hydroxyl groups is 1. The Bertz CT molecular complexity index is 1930. The van der Waals surface area contributed by atoms with Crippen molar-refractivity contribution in [2.75, 3.05) is 50.9 Å². The third-order valence-electron chi connectivity index (χ3n) is 10.3. The zero-order valence-corrected chi connectivity index (χ0v) is 26.1. The summed E-state index contributed by atoms with van der Waals surface area (Å²) in [6.07, 6.45) is 10.5. The van der Waals surface area contributed by atoms with Crippen LogP contribution in [0.5, 0.6) is 11.8 Å². The maximum absolute atomic E-state index is 14.9. The van der Waals surface area contributed by atoms with Gasteiger partial charge < -0.3 is 24.0 Å². The summed E-state index contributed by atoms with van der Waals surface area (Å²) >= 11 is 0. The van der Waals surface area contributed by atoms with Crippen molar-refractivity contribution < 1.29 is 28.2 Å². The Balaban J connectivity index is 1.28. The molecule has 2 atom stereocenters. The minimum atomic E-state index is -0.890. The molecule has 4 aliphatic rings. The average Bonchev–Trinajstić information content (AvgIpc) is 3.59. The van der Waals surface area contributed by atoms with Gasteiger partial charge in [0.1, 0.15) is 29.9 Å². The number of aromatic nitrogens is 4. The fourth-order valence-corrected chi connectivity index (χ4v) is 7.88. The molecule has 8 rings (SSSR count). The molecule has 0 radical (unpaired) electrons. The van der Waals surface area contributed by atoms with Gasteiger partial charge in [0, 0.05) is 49.7 Å². The molecule has 10 nitrogen and oxygen atoms in total. The molecule has 4 fully saturated rings. The molecule has 3 aliphatic heterocycles. The largest absolute Gasteiger partial charge is 0.508 e. The van der Waals surface area contributed by atoms with E-state index < -0.39 is 17.8 Å². The SMILES string of the molecule is C#Cc1c(F)ccc2cc(O)cc(C(=O)c3nc4nc(OC[C@@]56CCCN5C[C@H](F)C6)nc(N5CCCOCC5)c4n3C3CCC3)c12. The number of phenols is 1. The van der Waals surface area contributed by atoms with Gasteiger partial charge in [0.25, 0.3) is 0 Å². The van der Waals surface area contributed by atoms with Crippen LogP contribution >= 0.6 is 0 Å². The van der Waals surface area contributed by atoms with Crippen molar-refractivity contribution in [3.8, 4) is 24.1 Å². The number of hydrogen-bond donors (Lipinski definition) is 1. The van der Waals surface area contributed by atoms with Crippen LogP contribution in [0.4, 0.5) is 14.6 Å². The van der Waals surface area contributed by atoms with Crippen LogP contribution in [0.1, 0.15) is 72.7 Å². The second-order valence-electron chi connectivity index (χ2n) is 13.2. The number of halogens is 2. The molecular formula is C35H36F2N6O4. The summed E-state index contributed by atoms with van der Waals surface area (Å²) in [6.45, 7) is 3.90. The van der Waals surface area contributed by atoms with Crippen LogP contribution in [0.15, 0.2) is 24.3 Å². The predicted octanol–water partition coefficient (Wildman–Crippen LogP) is 4.94. The van der Waals surface area contributed by atoms with Crippen molar-refractivity contribution in [1.29, 1.82) is 0 Å². The van der Waals surface area contributed by atoms with Crippen LogP contribution in [0.2, 0.25) is 0 Å². The molecular weight excluding hydrogens is 606 g/mol. The number of hydrogen-bond acceptors (Lipinski definition) is 9. The molecule has 12 heteroatoms. The maximum atomic E-state index is 14.9. The monoisotopic (exact) mass is 642 g/mol. The van der Waals surface area contributed by atoms with E-state index in [0.717, 1.165) is 45.1 Å². The molecule has 4 aromatic rings. The van der Waals surface area contributed by atoms with E-state index in [0.29, 0.717) is 61.6 Å². The predicted molar refractivity (Wildman–Crippen MR) is 171 cm³/mol. The lowest BCUT2D eigenvalue weighted by atomic mass is 9.91.